The monoisotopic (exact) mass is 482 g/mol. The minimum absolute atomic E-state index is 0.0135. The van der Waals surface area contributed by atoms with Gasteiger partial charge < -0.3 is 14.7 Å². The van der Waals surface area contributed by atoms with Crippen LogP contribution in [0, 0.1) is 5.92 Å². The number of carboxylic acids is 1. The molecule has 3 atom stereocenters. The molecule has 1 saturated carbocycles. The lowest BCUT2D eigenvalue weighted by Crippen LogP contribution is -2.53. The molecule has 178 valence electrons. The van der Waals surface area contributed by atoms with Crippen LogP contribution in [0.1, 0.15) is 62.7 Å². The number of ether oxygens (including phenoxy) is 1. The summed E-state index contributed by atoms with van der Waals surface area (Å²) in [4.78, 5) is 38.8. The average molecular weight is 483 g/mol. The zero-order valence-corrected chi connectivity index (χ0v) is 20.3. The highest BCUT2D eigenvalue weighted by molar-refractivity contribution is 7.99. The largest absolute Gasteiger partial charge is 0.480 e. The number of carbonyl (C=O) groups excluding carboxylic acids is 2. The van der Waals surface area contributed by atoms with Crippen LogP contribution in [0.25, 0.3) is 0 Å². The van der Waals surface area contributed by atoms with Crippen molar-refractivity contribution in [2.24, 2.45) is 5.92 Å². The third kappa shape index (κ3) is 7.22. The molecule has 32 heavy (non-hydrogen) atoms. The lowest BCUT2D eigenvalue weighted by molar-refractivity contribution is -0.148. The Bertz CT molecular complexity index is 752. The SMILES string of the molecule is CCOC(=O)C(CCC1CCCCC1)NC1CSC(c2ccsc2)CN(CC(=O)O)C1=O. The Balaban J connectivity index is 1.71. The molecule has 2 fully saturated rings. The topological polar surface area (TPSA) is 95.9 Å². The van der Waals surface area contributed by atoms with E-state index in [4.69, 9.17) is 4.74 Å². The predicted octanol–water partition coefficient (Wildman–Crippen LogP) is 3.70. The minimum Gasteiger partial charge on any atom is -0.480 e. The van der Waals surface area contributed by atoms with Crippen LogP contribution in [-0.4, -0.2) is 65.4 Å². The molecule has 9 heteroatoms. The first-order valence-corrected chi connectivity index (χ1v) is 13.5. The Hall–Kier alpha value is -1.58. The molecule has 0 aromatic carbocycles. The van der Waals surface area contributed by atoms with Gasteiger partial charge in [0.2, 0.25) is 5.91 Å². The number of hydrogen-bond donors (Lipinski definition) is 2. The standard InChI is InChI=1S/C23H34N2O5S2/c1-2-30-23(29)18(9-8-16-6-4-3-5-7-16)24-19-15-32-20(17-10-11-31-14-17)12-25(22(19)28)13-21(26)27/h10-11,14,16,18-20,24H,2-9,12-13,15H2,1H3,(H,26,27). The van der Waals surface area contributed by atoms with Crippen molar-refractivity contribution in [3.63, 3.8) is 0 Å². The van der Waals surface area contributed by atoms with Crippen LogP contribution in [0.4, 0.5) is 0 Å². The molecule has 1 aromatic heterocycles. The van der Waals surface area contributed by atoms with Crippen LogP contribution >= 0.6 is 23.1 Å². The Morgan fingerprint density at radius 1 is 1.31 bits per heavy atom. The van der Waals surface area contributed by atoms with E-state index in [0.717, 1.165) is 12.0 Å². The third-order valence-electron chi connectivity index (χ3n) is 6.26. The molecule has 1 aliphatic heterocycles. The number of rotatable bonds is 10. The zero-order chi connectivity index (χ0) is 22.9. The highest BCUT2D eigenvalue weighted by Gasteiger charge is 2.36. The van der Waals surface area contributed by atoms with Gasteiger partial charge in [0.1, 0.15) is 12.6 Å². The molecule has 2 N–H and O–H groups in total. The van der Waals surface area contributed by atoms with E-state index in [-0.39, 0.29) is 23.7 Å². The second kappa shape index (κ2) is 12.6. The number of amides is 1. The van der Waals surface area contributed by atoms with Crippen molar-refractivity contribution in [3.8, 4) is 0 Å². The molecule has 1 aromatic rings. The van der Waals surface area contributed by atoms with E-state index in [1.807, 2.05) is 16.8 Å². The molecule has 0 spiro atoms. The Morgan fingerprint density at radius 2 is 2.09 bits per heavy atom. The van der Waals surface area contributed by atoms with Crippen LogP contribution in [0.15, 0.2) is 16.8 Å². The number of aliphatic carboxylic acids is 1. The molecule has 3 unspecified atom stereocenters. The van der Waals surface area contributed by atoms with Crippen LogP contribution in [0.2, 0.25) is 0 Å². The van der Waals surface area contributed by atoms with Gasteiger partial charge in [0.05, 0.1) is 12.6 Å². The molecule has 2 heterocycles. The van der Waals surface area contributed by atoms with E-state index >= 15 is 0 Å². The second-order valence-corrected chi connectivity index (χ2v) is 10.6. The third-order valence-corrected chi connectivity index (χ3v) is 8.31. The van der Waals surface area contributed by atoms with Crippen molar-refractivity contribution in [1.29, 1.82) is 0 Å². The van der Waals surface area contributed by atoms with Crippen molar-refractivity contribution in [2.45, 2.75) is 69.2 Å². The molecule has 7 nitrogen and oxygen atoms in total. The number of esters is 1. The van der Waals surface area contributed by atoms with E-state index < -0.39 is 18.1 Å². The molecular weight excluding hydrogens is 448 g/mol. The normalized spacial score (nSPS) is 23.5. The summed E-state index contributed by atoms with van der Waals surface area (Å²) in [6, 6.07) is 0.838. The van der Waals surface area contributed by atoms with Gasteiger partial charge in [0, 0.05) is 17.5 Å². The number of hydrogen-bond acceptors (Lipinski definition) is 7. The van der Waals surface area contributed by atoms with E-state index in [2.05, 4.69) is 5.32 Å². The van der Waals surface area contributed by atoms with Gasteiger partial charge >= 0.3 is 11.9 Å². The van der Waals surface area contributed by atoms with Crippen molar-refractivity contribution in [1.82, 2.24) is 10.2 Å². The minimum atomic E-state index is -1.03. The first-order chi connectivity index (χ1) is 15.5. The maximum Gasteiger partial charge on any atom is 0.323 e. The van der Waals surface area contributed by atoms with E-state index in [9.17, 15) is 19.5 Å². The molecule has 3 rings (SSSR count). The maximum absolute atomic E-state index is 13.3. The first kappa shape index (κ1) is 25.1. The molecule has 0 radical (unpaired) electrons. The number of thioether (sulfide) groups is 1. The fourth-order valence-corrected chi connectivity index (χ4v) is 6.65. The predicted molar refractivity (Wildman–Crippen MR) is 127 cm³/mol. The fraction of sp³-hybridized carbons (Fsp3) is 0.696. The summed E-state index contributed by atoms with van der Waals surface area (Å²) in [6.45, 7) is 2.07. The van der Waals surface area contributed by atoms with Crippen LogP contribution in [0.3, 0.4) is 0 Å². The molecule has 0 bridgehead atoms. The van der Waals surface area contributed by atoms with Crippen LogP contribution < -0.4 is 5.32 Å². The molecule has 1 amide bonds. The lowest BCUT2D eigenvalue weighted by Gasteiger charge is -2.28. The summed E-state index contributed by atoms with van der Waals surface area (Å²) in [6.07, 6.45) is 7.73. The first-order valence-electron chi connectivity index (χ1n) is 11.5. The summed E-state index contributed by atoms with van der Waals surface area (Å²) in [5.41, 5.74) is 1.10. The quantitative estimate of drug-likeness (QED) is 0.491. The van der Waals surface area contributed by atoms with Crippen LogP contribution in [0.5, 0.6) is 0 Å². The number of carboxylic acid groups (broad SMARTS) is 1. The lowest BCUT2D eigenvalue weighted by atomic mass is 9.85. The van der Waals surface area contributed by atoms with E-state index in [1.165, 1.54) is 37.0 Å². The van der Waals surface area contributed by atoms with E-state index in [1.54, 1.807) is 30.0 Å². The summed E-state index contributed by atoms with van der Waals surface area (Å²) < 4.78 is 5.30. The van der Waals surface area contributed by atoms with Gasteiger partial charge in [0.25, 0.3) is 0 Å². The second-order valence-electron chi connectivity index (χ2n) is 8.60. The number of nitrogens with one attached hydrogen (secondary N) is 1. The van der Waals surface area contributed by atoms with Crippen molar-refractivity contribution in [3.05, 3.63) is 22.4 Å². The van der Waals surface area contributed by atoms with Gasteiger partial charge in [-0.2, -0.15) is 11.3 Å². The van der Waals surface area contributed by atoms with Crippen molar-refractivity contribution in [2.75, 3.05) is 25.4 Å². The summed E-state index contributed by atoms with van der Waals surface area (Å²) in [5.74, 6) is -0.524. The van der Waals surface area contributed by atoms with Crippen molar-refractivity contribution < 1.29 is 24.2 Å². The Morgan fingerprint density at radius 3 is 2.75 bits per heavy atom. The number of thiophene rings is 1. The maximum atomic E-state index is 13.3. The van der Waals surface area contributed by atoms with Crippen LogP contribution in [-0.2, 0) is 19.1 Å². The molecule has 2 aliphatic rings. The molecule has 1 aliphatic carbocycles. The smallest absolute Gasteiger partial charge is 0.323 e. The number of nitrogens with zero attached hydrogens (tertiary/aromatic N) is 1. The average Bonchev–Trinajstić information content (AvgIpc) is 3.27. The molecule has 1 saturated heterocycles. The Labute approximate surface area is 198 Å². The van der Waals surface area contributed by atoms with E-state index in [0.29, 0.717) is 31.2 Å². The van der Waals surface area contributed by atoms with Gasteiger partial charge in [-0.3, -0.25) is 19.7 Å². The van der Waals surface area contributed by atoms with Gasteiger partial charge in [0.15, 0.2) is 0 Å². The van der Waals surface area contributed by atoms with Gasteiger partial charge in [-0.05, 0) is 48.1 Å². The Kier molecular flexibility index (Phi) is 9.87. The number of carbonyl (C=O) groups is 3. The van der Waals surface area contributed by atoms with Gasteiger partial charge in [-0.25, -0.2) is 0 Å². The zero-order valence-electron chi connectivity index (χ0n) is 18.7. The highest BCUT2D eigenvalue weighted by atomic mass is 32.2. The fourth-order valence-electron chi connectivity index (χ4n) is 4.56. The van der Waals surface area contributed by atoms with Gasteiger partial charge in [-0.1, -0.05) is 32.1 Å². The summed E-state index contributed by atoms with van der Waals surface area (Å²) in [5, 5.41) is 16.7. The van der Waals surface area contributed by atoms with Crippen molar-refractivity contribution >= 4 is 40.9 Å². The summed E-state index contributed by atoms with van der Waals surface area (Å²) >= 11 is 3.22. The van der Waals surface area contributed by atoms with Gasteiger partial charge in [-0.15, -0.1) is 11.8 Å². The highest BCUT2D eigenvalue weighted by Crippen LogP contribution is 2.34. The summed E-state index contributed by atoms with van der Waals surface area (Å²) in [7, 11) is 0. The molecular formula is C23H34N2O5S2.